The Bertz CT molecular complexity index is 2550. The van der Waals surface area contributed by atoms with Crippen molar-refractivity contribution in [2.75, 3.05) is 27.2 Å². The van der Waals surface area contributed by atoms with Gasteiger partial charge in [-0.05, 0) is 133 Å². The van der Waals surface area contributed by atoms with Gasteiger partial charge in [-0.2, -0.15) is 5.26 Å². The Balaban J connectivity index is 0.000000186. The summed E-state index contributed by atoms with van der Waals surface area (Å²) < 4.78 is 11.5. The molecule has 0 amide bonds. The summed E-state index contributed by atoms with van der Waals surface area (Å²) in [6.07, 6.45) is 6.58. The Morgan fingerprint density at radius 2 is 1.34 bits per heavy atom. The fourth-order valence-corrected chi connectivity index (χ4v) is 9.69. The summed E-state index contributed by atoms with van der Waals surface area (Å²) >= 11 is 3.12. The number of hydrogen-bond donors (Lipinski definition) is 2. The molecule has 2 heterocycles. The minimum atomic E-state index is 0.0155. The average molecular weight is 852 g/mol. The topological polar surface area (TPSA) is 139 Å². The summed E-state index contributed by atoms with van der Waals surface area (Å²) in [7, 11) is 4.21. The summed E-state index contributed by atoms with van der Waals surface area (Å²) in [5.74, 6) is 1.20. The third kappa shape index (κ3) is 10.3. The molecule has 11 nitrogen and oxygen atoms in total. The molecule has 0 spiro atoms. The molecule has 2 aromatic heterocycles. The molecule has 0 unspecified atom stereocenters. The molecule has 61 heavy (non-hydrogen) atoms. The van der Waals surface area contributed by atoms with Crippen molar-refractivity contribution in [2.45, 2.75) is 90.5 Å². The monoisotopic (exact) mass is 851 g/mol. The summed E-state index contributed by atoms with van der Waals surface area (Å²) in [6.45, 7) is 17.3. The van der Waals surface area contributed by atoms with E-state index in [-0.39, 0.29) is 18.2 Å². The van der Waals surface area contributed by atoms with Crippen LogP contribution in [0, 0.1) is 17.9 Å². The number of nitrogens with zero attached hydrogens (tertiary/aromatic N) is 7. The molecule has 2 aliphatic rings. The fourth-order valence-electron chi connectivity index (χ4n) is 7.91. The number of benzene rings is 4. The van der Waals surface area contributed by atoms with Crippen molar-refractivity contribution in [1.29, 1.82) is 5.26 Å². The minimum Gasteiger partial charge on any atom is -0.502 e. The van der Waals surface area contributed by atoms with Crippen LogP contribution in [0.25, 0.3) is 47.1 Å². The Morgan fingerprint density at radius 1 is 0.787 bits per heavy atom. The van der Waals surface area contributed by atoms with Crippen LogP contribution in [0.4, 0.5) is 5.69 Å². The number of rotatable bonds is 12. The lowest BCUT2D eigenvalue weighted by molar-refractivity contribution is 0.241. The summed E-state index contributed by atoms with van der Waals surface area (Å²) in [5.41, 5.74) is 16.7. The van der Waals surface area contributed by atoms with Gasteiger partial charge in [0.2, 0.25) is 5.69 Å². The second-order valence-electron chi connectivity index (χ2n) is 16.2. The van der Waals surface area contributed by atoms with Crippen LogP contribution in [-0.2, 0) is 12.8 Å². The smallest absolute Gasteiger partial charge is 0.228 e. The lowest BCUT2D eigenvalue weighted by Crippen LogP contribution is -2.31. The number of nitrogens with two attached hydrogens (primary N) is 1. The van der Waals surface area contributed by atoms with Gasteiger partial charge >= 0.3 is 0 Å². The molecule has 0 saturated heterocycles. The third-order valence-electron chi connectivity index (χ3n) is 10.7. The number of aromatic nitrogens is 4. The van der Waals surface area contributed by atoms with E-state index in [4.69, 9.17) is 21.8 Å². The van der Waals surface area contributed by atoms with E-state index < -0.39 is 0 Å². The van der Waals surface area contributed by atoms with Crippen LogP contribution in [0.3, 0.4) is 0 Å². The maximum Gasteiger partial charge on any atom is 0.228 e. The second kappa shape index (κ2) is 19.9. The molecular formula is C48H53N9O2S2. The SMILES string of the molecule is CC(C)Oc1ccc(-c2nnc(-c3cccc4c3CCC[C@H]4N)s2)cc1C#N.[C-]#[N+]c1cc(-c2nnc(-c3cccc4c3CCC[C@H]4NCCN(C)C)s2)ccc1OC(C)C. The molecule has 0 saturated carbocycles. The van der Waals surface area contributed by atoms with E-state index in [1.165, 1.54) is 45.6 Å². The van der Waals surface area contributed by atoms with Crippen LogP contribution in [-0.4, -0.2) is 64.7 Å². The lowest BCUT2D eigenvalue weighted by Gasteiger charge is -2.28. The molecule has 13 heteroatoms. The van der Waals surface area contributed by atoms with Gasteiger partial charge in [0.1, 0.15) is 37.6 Å². The highest BCUT2D eigenvalue weighted by Crippen LogP contribution is 2.41. The third-order valence-corrected chi connectivity index (χ3v) is 12.7. The van der Waals surface area contributed by atoms with Gasteiger partial charge < -0.3 is 25.4 Å². The van der Waals surface area contributed by atoms with Crippen molar-refractivity contribution in [3.63, 3.8) is 0 Å². The molecule has 2 atom stereocenters. The van der Waals surface area contributed by atoms with E-state index in [9.17, 15) is 5.26 Å². The zero-order valence-electron chi connectivity index (χ0n) is 35.7. The van der Waals surface area contributed by atoms with Crippen molar-refractivity contribution in [3.8, 4) is 59.9 Å². The quantitative estimate of drug-likeness (QED) is 0.114. The predicted molar refractivity (Wildman–Crippen MR) is 246 cm³/mol. The molecule has 4 aromatic carbocycles. The molecule has 314 valence electrons. The standard InChI is InChI=1S/C26H31N5OS.C22H22N4OS/c1-17(2)32-24-13-12-18(16-23(24)27-3)25-29-30-26(33-25)21-10-6-9-20-19(21)8-7-11-22(20)28-14-15-31(4)5;1-13(2)27-20-10-9-14(11-15(20)12-23)21-25-26-22(28-21)18-7-3-6-17-16(18)5-4-8-19(17)24/h6,9-10,12-13,16-17,22,28H,7-8,11,14-15H2,1-2,4-5H3;3,6-7,9-11,13,19H,4-5,8,24H2,1-2H3/t22-;19-/m11/s1. The summed E-state index contributed by atoms with van der Waals surface area (Å²) in [5, 5.41) is 34.5. The van der Waals surface area contributed by atoms with Crippen molar-refractivity contribution in [1.82, 2.24) is 30.6 Å². The van der Waals surface area contributed by atoms with E-state index in [0.29, 0.717) is 28.8 Å². The normalized spacial score (nSPS) is 15.7. The van der Waals surface area contributed by atoms with Gasteiger partial charge in [-0.25, -0.2) is 4.85 Å². The summed E-state index contributed by atoms with van der Waals surface area (Å²) in [4.78, 5) is 5.85. The van der Waals surface area contributed by atoms with Gasteiger partial charge in [0.15, 0.2) is 0 Å². The van der Waals surface area contributed by atoms with Gasteiger partial charge in [-0.15, -0.1) is 20.4 Å². The van der Waals surface area contributed by atoms with E-state index in [1.807, 2.05) is 70.2 Å². The highest BCUT2D eigenvalue weighted by Gasteiger charge is 2.25. The number of likely N-dealkylation sites (N-methyl/N-ethyl adjacent to an activating group) is 1. The zero-order valence-corrected chi connectivity index (χ0v) is 37.4. The van der Waals surface area contributed by atoms with Crippen molar-refractivity contribution in [2.24, 2.45) is 5.73 Å². The maximum atomic E-state index is 9.47. The van der Waals surface area contributed by atoms with Gasteiger partial charge in [-0.1, -0.05) is 65.1 Å². The minimum absolute atomic E-state index is 0.0155. The number of nitriles is 1. The van der Waals surface area contributed by atoms with Crippen LogP contribution in [0.1, 0.15) is 93.3 Å². The van der Waals surface area contributed by atoms with Crippen molar-refractivity contribution in [3.05, 3.63) is 112 Å². The largest absolute Gasteiger partial charge is 0.502 e. The molecule has 0 fully saturated rings. The highest BCUT2D eigenvalue weighted by molar-refractivity contribution is 7.18. The molecule has 6 aromatic rings. The number of nitrogens with one attached hydrogen (secondary N) is 1. The fraction of sp³-hybridized carbons (Fsp3) is 0.375. The lowest BCUT2D eigenvalue weighted by atomic mass is 9.85. The average Bonchev–Trinajstić information content (AvgIpc) is 3.95. The first kappa shape index (κ1) is 43.5. The van der Waals surface area contributed by atoms with Crippen LogP contribution in [0.15, 0.2) is 72.8 Å². The van der Waals surface area contributed by atoms with Crippen LogP contribution < -0.4 is 20.5 Å². The zero-order chi connectivity index (χ0) is 43.0. The number of fused-ring (bicyclic) bond motifs is 2. The molecule has 0 bridgehead atoms. The second-order valence-corrected chi connectivity index (χ2v) is 18.2. The van der Waals surface area contributed by atoms with E-state index in [2.05, 4.69) is 86.0 Å². The number of ether oxygens (including phenoxy) is 2. The Labute approximate surface area is 367 Å². The van der Waals surface area contributed by atoms with Gasteiger partial charge in [0.05, 0.1) is 24.3 Å². The maximum absolute atomic E-state index is 9.47. The first-order chi connectivity index (χ1) is 29.5. The van der Waals surface area contributed by atoms with Crippen molar-refractivity contribution < 1.29 is 9.47 Å². The highest BCUT2D eigenvalue weighted by atomic mass is 32.1. The van der Waals surface area contributed by atoms with Gasteiger partial charge in [0, 0.05) is 47.4 Å². The van der Waals surface area contributed by atoms with E-state index >= 15 is 0 Å². The van der Waals surface area contributed by atoms with E-state index in [0.717, 1.165) is 81.9 Å². The Kier molecular flexibility index (Phi) is 14.2. The molecule has 3 N–H and O–H groups in total. The molecule has 2 aliphatic carbocycles. The van der Waals surface area contributed by atoms with Gasteiger partial charge in [-0.3, -0.25) is 0 Å². The first-order valence-electron chi connectivity index (χ1n) is 21.0. The van der Waals surface area contributed by atoms with Crippen molar-refractivity contribution >= 4 is 28.4 Å². The Hall–Kier alpha value is -5.54. The molecular weight excluding hydrogens is 799 g/mol. The molecule has 8 rings (SSSR count). The summed E-state index contributed by atoms with van der Waals surface area (Å²) in [6, 6.07) is 26.8. The van der Waals surface area contributed by atoms with E-state index in [1.54, 1.807) is 11.3 Å². The first-order valence-corrected chi connectivity index (χ1v) is 22.6. The van der Waals surface area contributed by atoms with Crippen LogP contribution >= 0.6 is 22.7 Å². The number of hydrogen-bond acceptors (Lipinski definition) is 12. The Morgan fingerprint density at radius 3 is 1.95 bits per heavy atom. The molecule has 0 radical (unpaired) electrons. The molecule has 0 aliphatic heterocycles. The van der Waals surface area contributed by atoms with Crippen LogP contribution in [0.2, 0.25) is 0 Å². The predicted octanol–water partition coefficient (Wildman–Crippen LogP) is 10.6. The van der Waals surface area contributed by atoms with Gasteiger partial charge in [0.25, 0.3) is 0 Å². The van der Waals surface area contributed by atoms with Crippen LogP contribution in [0.5, 0.6) is 11.5 Å².